The summed E-state index contributed by atoms with van der Waals surface area (Å²) in [5.74, 6) is -1.32. The van der Waals surface area contributed by atoms with Gasteiger partial charge in [0.2, 0.25) is 5.76 Å². The number of benzene rings is 1. The van der Waals surface area contributed by atoms with Crippen LogP contribution in [0.4, 0.5) is 0 Å². The topological polar surface area (TPSA) is 92.0 Å². The Morgan fingerprint density at radius 1 is 0.968 bits per heavy atom. The van der Waals surface area contributed by atoms with Crippen LogP contribution in [0.15, 0.2) is 52.5 Å². The van der Waals surface area contributed by atoms with Crippen LogP contribution in [-0.2, 0) is 30.4 Å². The molecule has 2 aromatic rings. The monoisotopic (exact) mass is 428 g/mol. The third-order valence-electron chi connectivity index (χ3n) is 3.92. The van der Waals surface area contributed by atoms with Crippen LogP contribution >= 0.6 is 0 Å². The fourth-order valence-corrected chi connectivity index (χ4v) is 2.55. The first kappa shape index (κ1) is 23.9. The first-order valence-corrected chi connectivity index (χ1v) is 10.1. The minimum atomic E-state index is -0.699. The normalized spacial score (nSPS) is 11.7. The number of esters is 3. The highest BCUT2D eigenvalue weighted by atomic mass is 16.6. The van der Waals surface area contributed by atoms with Gasteiger partial charge in [-0.3, -0.25) is 4.79 Å². The number of carbonyl (C=O) groups is 3. The molecule has 0 bridgehead atoms. The second kappa shape index (κ2) is 11.2. The van der Waals surface area contributed by atoms with Gasteiger partial charge in [-0.1, -0.05) is 30.3 Å². The Bertz CT molecular complexity index is 917. The van der Waals surface area contributed by atoms with Crippen LogP contribution < -0.4 is 0 Å². The summed E-state index contributed by atoms with van der Waals surface area (Å²) in [6, 6.07) is 12.3. The second-order valence-electron chi connectivity index (χ2n) is 7.74. The molecule has 31 heavy (non-hydrogen) atoms. The average molecular weight is 428 g/mol. The van der Waals surface area contributed by atoms with E-state index in [-0.39, 0.29) is 43.1 Å². The van der Waals surface area contributed by atoms with Gasteiger partial charge in [0.05, 0.1) is 6.61 Å². The molecular weight excluding hydrogens is 400 g/mol. The van der Waals surface area contributed by atoms with Crippen molar-refractivity contribution in [2.24, 2.45) is 0 Å². The lowest BCUT2D eigenvalue weighted by Gasteiger charge is -2.20. The standard InChI is InChI=1S/C24H28O7/c1-5-28-21(25)14-11-18(22(26)31-24(2,3)4)15-19-12-13-20(30-19)23(27)29-16-17-9-7-6-8-10-17/h6-10,12-13,15H,5,11,14,16H2,1-4H3. The summed E-state index contributed by atoms with van der Waals surface area (Å²) in [4.78, 5) is 36.5. The molecule has 0 N–H and O–H groups in total. The first-order chi connectivity index (χ1) is 14.7. The van der Waals surface area contributed by atoms with Crippen molar-refractivity contribution in [3.05, 3.63) is 65.1 Å². The largest absolute Gasteiger partial charge is 0.466 e. The molecule has 7 nitrogen and oxygen atoms in total. The second-order valence-corrected chi connectivity index (χ2v) is 7.74. The van der Waals surface area contributed by atoms with Crippen molar-refractivity contribution in [2.75, 3.05) is 6.61 Å². The van der Waals surface area contributed by atoms with E-state index in [0.717, 1.165) is 5.56 Å². The fraction of sp³-hybridized carbons (Fsp3) is 0.375. The molecule has 1 aromatic heterocycles. The van der Waals surface area contributed by atoms with Crippen LogP contribution in [0.2, 0.25) is 0 Å². The number of hydrogen-bond donors (Lipinski definition) is 0. The Labute approximate surface area is 182 Å². The van der Waals surface area contributed by atoms with E-state index in [1.54, 1.807) is 33.8 Å². The van der Waals surface area contributed by atoms with E-state index in [1.165, 1.54) is 12.1 Å². The molecule has 0 radical (unpaired) electrons. The molecular formula is C24H28O7. The zero-order valence-corrected chi connectivity index (χ0v) is 18.3. The minimum Gasteiger partial charge on any atom is -0.466 e. The van der Waals surface area contributed by atoms with Crippen molar-refractivity contribution in [1.82, 2.24) is 0 Å². The van der Waals surface area contributed by atoms with Gasteiger partial charge < -0.3 is 18.6 Å². The quantitative estimate of drug-likeness (QED) is 0.325. The van der Waals surface area contributed by atoms with Gasteiger partial charge in [-0.25, -0.2) is 9.59 Å². The van der Waals surface area contributed by atoms with Crippen LogP contribution in [0.25, 0.3) is 6.08 Å². The first-order valence-electron chi connectivity index (χ1n) is 10.1. The summed E-state index contributed by atoms with van der Waals surface area (Å²) in [5.41, 5.74) is 0.394. The Hall–Kier alpha value is -3.35. The SMILES string of the molecule is CCOC(=O)CCC(=Cc1ccc(C(=O)OCc2ccccc2)o1)C(=O)OC(C)(C)C. The summed E-state index contributed by atoms with van der Waals surface area (Å²) in [6.07, 6.45) is 1.59. The third kappa shape index (κ3) is 8.50. The maximum absolute atomic E-state index is 12.6. The van der Waals surface area contributed by atoms with Crippen LogP contribution in [-0.4, -0.2) is 30.1 Å². The van der Waals surface area contributed by atoms with Gasteiger partial charge in [0.25, 0.3) is 0 Å². The summed E-state index contributed by atoms with van der Waals surface area (Å²) >= 11 is 0. The highest BCUT2D eigenvalue weighted by Gasteiger charge is 2.22. The molecule has 1 heterocycles. The van der Waals surface area contributed by atoms with Crippen molar-refractivity contribution < 1.29 is 33.0 Å². The van der Waals surface area contributed by atoms with Crippen molar-refractivity contribution in [3.8, 4) is 0 Å². The van der Waals surface area contributed by atoms with Gasteiger partial charge in [0.15, 0.2) is 0 Å². The molecule has 0 aliphatic rings. The lowest BCUT2D eigenvalue weighted by atomic mass is 10.1. The molecule has 0 saturated heterocycles. The smallest absolute Gasteiger partial charge is 0.374 e. The summed E-state index contributed by atoms with van der Waals surface area (Å²) in [7, 11) is 0. The predicted molar refractivity (Wildman–Crippen MR) is 114 cm³/mol. The summed E-state index contributed by atoms with van der Waals surface area (Å²) in [6.45, 7) is 7.35. The van der Waals surface area contributed by atoms with E-state index in [0.29, 0.717) is 0 Å². The number of ether oxygens (including phenoxy) is 3. The Balaban J connectivity index is 2.10. The van der Waals surface area contributed by atoms with Crippen LogP contribution in [0.3, 0.4) is 0 Å². The number of furan rings is 1. The maximum Gasteiger partial charge on any atom is 0.374 e. The van der Waals surface area contributed by atoms with Crippen molar-refractivity contribution in [1.29, 1.82) is 0 Å². The minimum absolute atomic E-state index is 0.0103. The molecule has 7 heteroatoms. The van der Waals surface area contributed by atoms with Crippen LogP contribution in [0, 0.1) is 0 Å². The molecule has 2 rings (SSSR count). The Morgan fingerprint density at radius 2 is 1.68 bits per heavy atom. The van der Waals surface area contributed by atoms with Crippen LogP contribution in [0.1, 0.15) is 62.4 Å². The number of rotatable bonds is 9. The lowest BCUT2D eigenvalue weighted by molar-refractivity contribution is -0.150. The molecule has 0 fully saturated rings. The molecule has 0 spiro atoms. The van der Waals surface area contributed by atoms with Crippen LogP contribution in [0.5, 0.6) is 0 Å². The highest BCUT2D eigenvalue weighted by Crippen LogP contribution is 2.20. The van der Waals surface area contributed by atoms with Crippen molar-refractivity contribution in [2.45, 2.75) is 52.7 Å². The van der Waals surface area contributed by atoms with Gasteiger partial charge >= 0.3 is 17.9 Å². The fourth-order valence-electron chi connectivity index (χ4n) is 2.55. The van der Waals surface area contributed by atoms with E-state index < -0.39 is 23.5 Å². The summed E-state index contributed by atoms with van der Waals surface area (Å²) < 4.78 is 21.1. The summed E-state index contributed by atoms with van der Waals surface area (Å²) in [5, 5.41) is 0. The lowest BCUT2D eigenvalue weighted by Crippen LogP contribution is -2.25. The Kier molecular flexibility index (Phi) is 8.61. The van der Waals surface area contributed by atoms with Gasteiger partial charge in [-0.15, -0.1) is 0 Å². The maximum atomic E-state index is 12.6. The molecule has 0 amide bonds. The number of carbonyl (C=O) groups excluding carboxylic acids is 3. The Morgan fingerprint density at radius 3 is 2.32 bits per heavy atom. The molecule has 166 valence electrons. The van der Waals surface area contributed by atoms with E-state index in [9.17, 15) is 14.4 Å². The predicted octanol–water partition coefficient (Wildman–Crippen LogP) is 4.71. The third-order valence-corrected chi connectivity index (χ3v) is 3.92. The molecule has 0 unspecified atom stereocenters. The van der Waals surface area contributed by atoms with Crippen molar-refractivity contribution >= 4 is 24.0 Å². The van der Waals surface area contributed by atoms with Crippen molar-refractivity contribution in [3.63, 3.8) is 0 Å². The van der Waals surface area contributed by atoms with Gasteiger partial charge in [-0.05, 0) is 57.9 Å². The average Bonchev–Trinajstić information content (AvgIpc) is 3.17. The molecule has 1 aromatic carbocycles. The van der Waals surface area contributed by atoms with E-state index in [4.69, 9.17) is 18.6 Å². The van der Waals surface area contributed by atoms with E-state index in [1.807, 2.05) is 30.3 Å². The van der Waals surface area contributed by atoms with Gasteiger partial charge in [0.1, 0.15) is 18.0 Å². The van der Waals surface area contributed by atoms with Gasteiger partial charge in [-0.2, -0.15) is 0 Å². The zero-order valence-electron chi connectivity index (χ0n) is 18.3. The number of hydrogen-bond acceptors (Lipinski definition) is 7. The van der Waals surface area contributed by atoms with E-state index >= 15 is 0 Å². The molecule has 0 atom stereocenters. The van der Waals surface area contributed by atoms with E-state index in [2.05, 4.69) is 0 Å². The molecule has 0 aliphatic heterocycles. The molecule has 0 saturated carbocycles. The zero-order chi connectivity index (χ0) is 22.9. The highest BCUT2D eigenvalue weighted by molar-refractivity contribution is 5.94. The molecule has 0 aliphatic carbocycles. The van der Waals surface area contributed by atoms with Gasteiger partial charge in [0, 0.05) is 12.0 Å².